The molecule has 0 atom stereocenters. The first-order chi connectivity index (χ1) is 6.63. The van der Waals surface area contributed by atoms with Crippen LogP contribution in [0.3, 0.4) is 0 Å². The van der Waals surface area contributed by atoms with Gasteiger partial charge in [0.2, 0.25) is 0 Å². The van der Waals surface area contributed by atoms with Crippen molar-refractivity contribution >= 4 is 0 Å². The van der Waals surface area contributed by atoms with Crippen LogP contribution in [0.1, 0.15) is 19.4 Å². The summed E-state index contributed by atoms with van der Waals surface area (Å²) in [5, 5.41) is 8.70. The first-order valence-corrected chi connectivity index (χ1v) is 4.37. The number of rotatable bonds is 3. The molecule has 0 N–H and O–H groups in total. The van der Waals surface area contributed by atoms with E-state index in [1.54, 1.807) is 0 Å². The normalized spacial score (nSPS) is 9.93. The Kier molecular flexibility index (Phi) is 3.47. The zero-order valence-electron chi connectivity index (χ0n) is 8.17. The molecule has 0 heterocycles. The molecular formula is C11H11FNO. The van der Waals surface area contributed by atoms with E-state index in [0.717, 1.165) is 6.07 Å². The number of hydrogen-bond donors (Lipinski definition) is 0. The third-order valence-corrected chi connectivity index (χ3v) is 1.57. The molecule has 14 heavy (non-hydrogen) atoms. The molecule has 2 nitrogen and oxygen atoms in total. The highest BCUT2D eigenvalue weighted by molar-refractivity contribution is 5.42. The van der Waals surface area contributed by atoms with E-state index in [9.17, 15) is 4.39 Å². The third kappa shape index (κ3) is 2.74. The fourth-order valence-electron chi connectivity index (χ4n) is 0.915. The van der Waals surface area contributed by atoms with Gasteiger partial charge in [-0.25, -0.2) is 4.39 Å². The molecule has 0 aliphatic rings. The van der Waals surface area contributed by atoms with Crippen molar-refractivity contribution < 1.29 is 9.13 Å². The van der Waals surface area contributed by atoms with E-state index in [1.807, 2.05) is 19.9 Å². The Hall–Kier alpha value is -1.56. The van der Waals surface area contributed by atoms with Crippen molar-refractivity contribution in [3.8, 4) is 11.8 Å². The average Bonchev–Trinajstić information content (AvgIpc) is 2.15. The molecule has 0 aromatic heterocycles. The molecule has 0 saturated heterocycles. The maximum Gasteiger partial charge on any atom is 0.137 e. The molecule has 0 fully saturated rings. The van der Waals surface area contributed by atoms with Gasteiger partial charge >= 0.3 is 0 Å². The van der Waals surface area contributed by atoms with Gasteiger partial charge in [0.25, 0.3) is 0 Å². The van der Waals surface area contributed by atoms with E-state index in [-0.39, 0.29) is 5.56 Å². The molecule has 0 spiro atoms. The molecule has 0 bridgehead atoms. The van der Waals surface area contributed by atoms with E-state index in [4.69, 9.17) is 10.00 Å². The molecule has 1 radical (unpaired) electrons. The molecule has 0 saturated carbocycles. The topological polar surface area (TPSA) is 33.0 Å². The lowest BCUT2D eigenvalue weighted by molar-refractivity contribution is 0.270. The van der Waals surface area contributed by atoms with Crippen LogP contribution in [0.5, 0.6) is 5.75 Å². The van der Waals surface area contributed by atoms with E-state index >= 15 is 0 Å². The number of benzene rings is 1. The fraction of sp³-hybridized carbons (Fsp3) is 0.364. The van der Waals surface area contributed by atoms with E-state index < -0.39 is 5.82 Å². The fourth-order valence-corrected chi connectivity index (χ4v) is 0.915. The minimum absolute atomic E-state index is 0.210. The van der Waals surface area contributed by atoms with Crippen LogP contribution < -0.4 is 4.74 Å². The maximum absolute atomic E-state index is 12.7. The molecule has 0 aliphatic heterocycles. The second kappa shape index (κ2) is 4.61. The first kappa shape index (κ1) is 10.5. The van der Waals surface area contributed by atoms with Gasteiger partial charge in [0.05, 0.1) is 12.2 Å². The zero-order chi connectivity index (χ0) is 10.6. The Morgan fingerprint density at radius 1 is 1.64 bits per heavy atom. The van der Waals surface area contributed by atoms with Crippen molar-refractivity contribution in [2.24, 2.45) is 5.92 Å². The third-order valence-electron chi connectivity index (χ3n) is 1.57. The number of nitriles is 1. The Morgan fingerprint density at radius 2 is 2.36 bits per heavy atom. The summed E-state index contributed by atoms with van der Waals surface area (Å²) in [5.41, 5.74) is 0.210. The van der Waals surface area contributed by atoms with Gasteiger partial charge in [-0.2, -0.15) is 5.26 Å². The highest BCUT2D eigenvalue weighted by atomic mass is 19.1. The molecule has 1 aromatic carbocycles. The molecule has 73 valence electrons. The van der Waals surface area contributed by atoms with Gasteiger partial charge in [-0.1, -0.05) is 13.8 Å². The van der Waals surface area contributed by atoms with Crippen molar-refractivity contribution in [3.05, 3.63) is 29.6 Å². The summed E-state index contributed by atoms with van der Waals surface area (Å²) >= 11 is 0. The lowest BCUT2D eigenvalue weighted by Crippen LogP contribution is -2.05. The Balaban J connectivity index is 2.82. The van der Waals surface area contributed by atoms with Gasteiger partial charge < -0.3 is 4.74 Å². The minimum Gasteiger partial charge on any atom is -0.492 e. The first-order valence-electron chi connectivity index (χ1n) is 4.37. The highest BCUT2D eigenvalue weighted by Crippen LogP contribution is 2.18. The van der Waals surface area contributed by atoms with Crippen molar-refractivity contribution in [1.82, 2.24) is 0 Å². The lowest BCUT2D eigenvalue weighted by Gasteiger charge is -2.09. The van der Waals surface area contributed by atoms with Crippen molar-refractivity contribution in [1.29, 1.82) is 5.26 Å². The standard InChI is InChI=1S/C11H11FNO/c1-8(2)7-14-11-4-3-10(12)5-9(11)6-13/h4-5,8H,7H2,1-2H3. The van der Waals surface area contributed by atoms with E-state index in [1.165, 1.54) is 6.07 Å². The Morgan fingerprint density at radius 3 is 2.93 bits per heavy atom. The molecule has 0 unspecified atom stereocenters. The summed E-state index contributed by atoms with van der Waals surface area (Å²) in [7, 11) is 0. The van der Waals surface area contributed by atoms with Crippen LogP contribution in [0.4, 0.5) is 4.39 Å². The van der Waals surface area contributed by atoms with Gasteiger partial charge in [-0.3, -0.25) is 0 Å². The summed E-state index contributed by atoms with van der Waals surface area (Å²) in [6, 6.07) is 6.71. The minimum atomic E-state index is -0.543. The van der Waals surface area contributed by atoms with Crippen molar-refractivity contribution in [3.63, 3.8) is 0 Å². The molecule has 3 heteroatoms. The largest absolute Gasteiger partial charge is 0.492 e. The van der Waals surface area contributed by atoms with Crippen molar-refractivity contribution in [2.45, 2.75) is 13.8 Å². The Bertz CT molecular complexity index is 355. The van der Waals surface area contributed by atoms with Crippen LogP contribution in [0.25, 0.3) is 0 Å². The monoisotopic (exact) mass is 192 g/mol. The summed E-state index contributed by atoms with van der Waals surface area (Å²) in [6.07, 6.45) is 0. The van der Waals surface area contributed by atoms with Crippen molar-refractivity contribution in [2.75, 3.05) is 6.61 Å². The molecule has 1 rings (SSSR count). The average molecular weight is 192 g/mol. The maximum atomic E-state index is 12.7. The number of hydrogen-bond acceptors (Lipinski definition) is 2. The lowest BCUT2D eigenvalue weighted by atomic mass is 10.2. The van der Waals surface area contributed by atoms with Crippen LogP contribution in [-0.2, 0) is 0 Å². The van der Waals surface area contributed by atoms with E-state index in [2.05, 4.69) is 6.07 Å². The molecule has 0 amide bonds. The second-order valence-corrected chi connectivity index (χ2v) is 3.38. The summed E-state index contributed by atoms with van der Waals surface area (Å²) < 4.78 is 18.0. The van der Waals surface area contributed by atoms with Gasteiger partial charge in [0, 0.05) is 6.07 Å². The van der Waals surface area contributed by atoms with Crippen LogP contribution in [0.2, 0.25) is 0 Å². The van der Waals surface area contributed by atoms with Crippen LogP contribution in [-0.4, -0.2) is 6.61 Å². The SMILES string of the molecule is CC(C)COc1c[c]c(F)cc1C#N. The van der Waals surface area contributed by atoms with Gasteiger partial charge in [0.15, 0.2) is 0 Å². The second-order valence-electron chi connectivity index (χ2n) is 3.38. The highest BCUT2D eigenvalue weighted by Gasteiger charge is 2.05. The Labute approximate surface area is 82.9 Å². The van der Waals surface area contributed by atoms with E-state index in [0.29, 0.717) is 18.3 Å². The van der Waals surface area contributed by atoms with Gasteiger partial charge in [-0.15, -0.1) is 0 Å². The van der Waals surface area contributed by atoms with Crippen LogP contribution >= 0.6 is 0 Å². The van der Waals surface area contributed by atoms with Gasteiger partial charge in [0.1, 0.15) is 17.6 Å². The molecular weight excluding hydrogens is 181 g/mol. The van der Waals surface area contributed by atoms with Crippen LogP contribution in [0.15, 0.2) is 12.1 Å². The summed E-state index contributed by atoms with van der Waals surface area (Å²) in [4.78, 5) is 0. The molecule has 1 aromatic rings. The number of ether oxygens (including phenoxy) is 1. The predicted octanol–water partition coefficient (Wildman–Crippen LogP) is 2.53. The smallest absolute Gasteiger partial charge is 0.137 e. The molecule has 0 aliphatic carbocycles. The quantitative estimate of drug-likeness (QED) is 0.737. The summed E-state index contributed by atoms with van der Waals surface area (Å²) in [6.45, 7) is 4.51. The van der Waals surface area contributed by atoms with Gasteiger partial charge in [-0.05, 0) is 18.1 Å². The number of halogens is 1. The summed E-state index contributed by atoms with van der Waals surface area (Å²) in [5.74, 6) is 0.215. The van der Waals surface area contributed by atoms with Crippen LogP contribution in [0, 0.1) is 29.1 Å². The predicted molar refractivity (Wildman–Crippen MR) is 50.3 cm³/mol. The number of nitrogens with zero attached hydrogens (tertiary/aromatic N) is 1. The zero-order valence-corrected chi connectivity index (χ0v) is 8.17.